The van der Waals surface area contributed by atoms with Crippen molar-refractivity contribution >= 4 is 11.7 Å². The summed E-state index contributed by atoms with van der Waals surface area (Å²) in [6.07, 6.45) is 0.884. The highest BCUT2D eigenvalue weighted by Crippen LogP contribution is 2.44. The van der Waals surface area contributed by atoms with Gasteiger partial charge in [0.25, 0.3) is 0 Å². The third-order valence-electron chi connectivity index (χ3n) is 5.70. The smallest absolute Gasteiger partial charge is 0.225 e. The number of hydrogen-bond acceptors (Lipinski definition) is 4. The van der Waals surface area contributed by atoms with E-state index in [2.05, 4.69) is 5.32 Å². The van der Waals surface area contributed by atoms with Crippen LogP contribution in [0.15, 0.2) is 53.7 Å². The summed E-state index contributed by atoms with van der Waals surface area (Å²) in [6, 6.07) is 11.9. The van der Waals surface area contributed by atoms with Gasteiger partial charge in [0.05, 0.1) is 14.2 Å². The van der Waals surface area contributed by atoms with Crippen LogP contribution in [0.2, 0.25) is 0 Å². The maximum Gasteiger partial charge on any atom is 0.225 e. The topological polar surface area (TPSA) is 64.6 Å². The van der Waals surface area contributed by atoms with Crippen LogP contribution >= 0.6 is 0 Å². The van der Waals surface area contributed by atoms with Gasteiger partial charge in [0.1, 0.15) is 5.82 Å². The van der Waals surface area contributed by atoms with Crippen molar-refractivity contribution in [3.8, 4) is 11.5 Å². The first-order valence-corrected chi connectivity index (χ1v) is 9.54. The number of nitrogens with one attached hydrogen (secondary N) is 1. The van der Waals surface area contributed by atoms with Gasteiger partial charge in [-0.15, -0.1) is 0 Å². The summed E-state index contributed by atoms with van der Waals surface area (Å²) in [4.78, 5) is 25.4. The first-order valence-electron chi connectivity index (χ1n) is 9.54. The lowest BCUT2D eigenvalue weighted by Crippen LogP contribution is -2.38. The largest absolute Gasteiger partial charge is 0.493 e. The Hall–Kier alpha value is -3.15. The lowest BCUT2D eigenvalue weighted by molar-refractivity contribution is -0.122. The maximum absolute atomic E-state index is 14.4. The molecule has 1 amide bonds. The highest BCUT2D eigenvalue weighted by atomic mass is 19.1. The molecule has 0 saturated carbocycles. The Balaban J connectivity index is 1.71. The molecular weight excluding hydrogens is 373 g/mol. The summed E-state index contributed by atoms with van der Waals surface area (Å²) in [5, 5.41) is 2.86. The van der Waals surface area contributed by atoms with Gasteiger partial charge in [-0.1, -0.05) is 24.3 Å². The molecule has 2 atom stereocenters. The molecule has 2 aromatic carbocycles. The summed E-state index contributed by atoms with van der Waals surface area (Å²) in [5.41, 5.74) is 2.47. The van der Waals surface area contributed by atoms with Gasteiger partial charge in [-0.2, -0.15) is 0 Å². The van der Waals surface area contributed by atoms with E-state index < -0.39 is 11.7 Å². The number of carbonyl (C=O) groups is 2. The molecule has 2 aliphatic rings. The minimum atomic E-state index is -0.543. The van der Waals surface area contributed by atoms with E-state index in [1.165, 1.54) is 6.07 Å². The number of ketones is 1. The lowest BCUT2D eigenvalue weighted by atomic mass is 9.73. The number of methoxy groups -OCH3 is 2. The molecule has 0 unspecified atom stereocenters. The predicted octanol–water partition coefficient (Wildman–Crippen LogP) is 3.85. The number of Topliss-reactive ketones (excluding diaryl/α,β-unsaturated/α-hetero) is 1. The molecule has 0 spiro atoms. The third-order valence-corrected chi connectivity index (χ3v) is 5.70. The highest BCUT2D eigenvalue weighted by Gasteiger charge is 2.39. The van der Waals surface area contributed by atoms with E-state index in [0.717, 1.165) is 5.56 Å². The first kappa shape index (κ1) is 19.2. The fourth-order valence-electron chi connectivity index (χ4n) is 4.33. The minimum absolute atomic E-state index is 0.0562. The van der Waals surface area contributed by atoms with Crippen LogP contribution in [0.5, 0.6) is 11.5 Å². The zero-order valence-corrected chi connectivity index (χ0v) is 16.3. The molecule has 2 aromatic rings. The van der Waals surface area contributed by atoms with E-state index in [9.17, 15) is 14.0 Å². The maximum atomic E-state index is 14.4. The molecule has 0 radical (unpaired) electrons. The van der Waals surface area contributed by atoms with Gasteiger partial charge >= 0.3 is 0 Å². The van der Waals surface area contributed by atoms with E-state index in [4.69, 9.17) is 9.47 Å². The summed E-state index contributed by atoms with van der Waals surface area (Å²) < 4.78 is 25.0. The Kier molecular flexibility index (Phi) is 5.09. The van der Waals surface area contributed by atoms with Crippen molar-refractivity contribution in [3.05, 3.63) is 70.7 Å². The highest BCUT2D eigenvalue weighted by molar-refractivity contribution is 6.02. The number of carbonyl (C=O) groups excluding carboxylic acids is 2. The van der Waals surface area contributed by atoms with Crippen molar-refractivity contribution in [2.24, 2.45) is 0 Å². The molecule has 1 N–H and O–H groups in total. The molecule has 1 aliphatic heterocycles. The van der Waals surface area contributed by atoms with Crippen LogP contribution in [0.1, 0.15) is 42.2 Å². The molecule has 0 saturated heterocycles. The van der Waals surface area contributed by atoms with E-state index in [-0.39, 0.29) is 24.0 Å². The van der Waals surface area contributed by atoms with E-state index in [1.807, 2.05) is 18.2 Å². The number of halogens is 1. The number of ether oxygens (including phenoxy) is 2. The van der Waals surface area contributed by atoms with Crippen molar-refractivity contribution in [1.82, 2.24) is 5.32 Å². The molecule has 1 aliphatic carbocycles. The number of rotatable bonds is 4. The van der Waals surface area contributed by atoms with Crippen LogP contribution in [0.25, 0.3) is 0 Å². The Labute approximate surface area is 168 Å². The van der Waals surface area contributed by atoms with Crippen LogP contribution in [0.4, 0.5) is 4.39 Å². The molecule has 5 nitrogen and oxygen atoms in total. The Morgan fingerprint density at radius 3 is 2.45 bits per heavy atom. The van der Waals surface area contributed by atoms with Crippen molar-refractivity contribution < 1.29 is 23.5 Å². The van der Waals surface area contributed by atoms with Gasteiger partial charge in [-0.3, -0.25) is 9.59 Å². The summed E-state index contributed by atoms with van der Waals surface area (Å²) in [6.45, 7) is 0. The third kappa shape index (κ3) is 3.50. The van der Waals surface area contributed by atoms with Gasteiger partial charge in [0, 0.05) is 30.0 Å². The van der Waals surface area contributed by atoms with Gasteiger partial charge < -0.3 is 14.8 Å². The number of amides is 1. The number of hydrogen-bond donors (Lipinski definition) is 1. The number of allylic oxidation sites excluding steroid dienone is 2. The minimum Gasteiger partial charge on any atom is -0.493 e. The molecule has 1 heterocycles. The average molecular weight is 395 g/mol. The molecule has 4 rings (SSSR count). The second kappa shape index (κ2) is 7.70. The SMILES string of the molecule is COc1ccc([C@@H]2CC(=O)C3=C(C2)NC(=O)C[C@H]3c2ccccc2F)cc1OC. The summed E-state index contributed by atoms with van der Waals surface area (Å²) in [7, 11) is 3.13. The monoisotopic (exact) mass is 395 g/mol. The standard InChI is InChI=1S/C23H22FNO4/c1-28-20-8-7-13(11-21(20)29-2)14-9-18-23(19(26)10-14)16(12-22(27)25-18)15-5-3-4-6-17(15)24/h3-8,11,14,16H,9-10,12H2,1-2H3,(H,25,27)/t14-,16-/m0/s1. The van der Waals surface area contributed by atoms with E-state index >= 15 is 0 Å². The molecule has 29 heavy (non-hydrogen) atoms. The van der Waals surface area contributed by atoms with Crippen LogP contribution in [-0.4, -0.2) is 25.9 Å². The van der Waals surface area contributed by atoms with Crippen LogP contribution in [0, 0.1) is 5.82 Å². The second-order valence-electron chi connectivity index (χ2n) is 7.36. The van der Waals surface area contributed by atoms with E-state index in [1.54, 1.807) is 32.4 Å². The van der Waals surface area contributed by atoms with Crippen LogP contribution in [-0.2, 0) is 9.59 Å². The van der Waals surface area contributed by atoms with Crippen molar-refractivity contribution in [3.63, 3.8) is 0 Å². The Morgan fingerprint density at radius 2 is 1.72 bits per heavy atom. The predicted molar refractivity (Wildman–Crippen MR) is 105 cm³/mol. The average Bonchev–Trinajstić information content (AvgIpc) is 2.72. The van der Waals surface area contributed by atoms with Crippen molar-refractivity contribution in [2.45, 2.75) is 31.1 Å². The molecule has 150 valence electrons. The van der Waals surface area contributed by atoms with Gasteiger partial charge in [-0.25, -0.2) is 4.39 Å². The summed E-state index contributed by atoms with van der Waals surface area (Å²) >= 11 is 0. The van der Waals surface area contributed by atoms with Gasteiger partial charge in [-0.05, 0) is 41.7 Å². The Morgan fingerprint density at radius 1 is 0.966 bits per heavy atom. The Bertz CT molecular complexity index is 1010. The zero-order valence-electron chi connectivity index (χ0n) is 16.3. The lowest BCUT2D eigenvalue weighted by Gasteiger charge is -2.34. The summed E-state index contributed by atoms with van der Waals surface area (Å²) in [5.74, 6) is -0.0801. The quantitative estimate of drug-likeness (QED) is 0.854. The van der Waals surface area contributed by atoms with Crippen LogP contribution < -0.4 is 14.8 Å². The van der Waals surface area contributed by atoms with Crippen molar-refractivity contribution in [1.29, 1.82) is 0 Å². The molecule has 0 fully saturated rings. The van der Waals surface area contributed by atoms with Gasteiger partial charge in [0.2, 0.25) is 5.91 Å². The molecule has 6 heteroatoms. The van der Waals surface area contributed by atoms with Gasteiger partial charge in [0.15, 0.2) is 17.3 Å². The second-order valence-corrected chi connectivity index (χ2v) is 7.36. The zero-order chi connectivity index (χ0) is 20.5. The normalized spacial score (nSPS) is 21.5. The fourth-order valence-corrected chi connectivity index (χ4v) is 4.33. The van der Waals surface area contributed by atoms with E-state index in [0.29, 0.717) is 41.2 Å². The van der Waals surface area contributed by atoms with Crippen LogP contribution in [0.3, 0.4) is 0 Å². The first-order chi connectivity index (χ1) is 14.0. The molecule has 0 aromatic heterocycles. The molecule has 0 bridgehead atoms. The number of benzene rings is 2. The molecular formula is C23H22FNO4. The van der Waals surface area contributed by atoms with Crippen molar-refractivity contribution in [2.75, 3.05) is 14.2 Å². The fraction of sp³-hybridized carbons (Fsp3) is 0.304.